The van der Waals surface area contributed by atoms with E-state index in [4.69, 9.17) is 4.74 Å². The Morgan fingerprint density at radius 1 is 1.36 bits per heavy atom. The summed E-state index contributed by atoms with van der Waals surface area (Å²) in [5, 5.41) is 3.59. The Balaban J connectivity index is 2.55. The molecule has 2 atom stereocenters. The molecule has 1 rings (SSSR count). The first-order valence-corrected chi connectivity index (χ1v) is 5.81. The maximum atomic E-state index is 5.82. The Bertz CT molecular complexity index is 177. The summed E-state index contributed by atoms with van der Waals surface area (Å²) < 4.78 is 5.82. The highest BCUT2D eigenvalue weighted by atomic mass is 16.5. The van der Waals surface area contributed by atoms with Crippen LogP contribution in [0.2, 0.25) is 0 Å². The zero-order chi connectivity index (χ0) is 10.8. The molecular formula is C12H25NO. The molecule has 0 aromatic heterocycles. The van der Waals surface area contributed by atoms with Crippen LogP contribution >= 0.6 is 0 Å². The lowest BCUT2D eigenvalue weighted by Crippen LogP contribution is -2.57. The lowest BCUT2D eigenvalue weighted by Gasteiger charge is -2.43. The van der Waals surface area contributed by atoms with E-state index in [0.717, 1.165) is 19.1 Å². The number of rotatable bonds is 3. The molecule has 2 heteroatoms. The van der Waals surface area contributed by atoms with Crippen LogP contribution in [0.3, 0.4) is 0 Å². The van der Waals surface area contributed by atoms with Gasteiger partial charge in [-0.25, -0.2) is 0 Å². The molecule has 1 saturated heterocycles. The van der Waals surface area contributed by atoms with Crippen molar-refractivity contribution in [3.05, 3.63) is 0 Å². The number of ether oxygens (including phenoxy) is 1. The third-order valence-electron chi connectivity index (χ3n) is 3.10. The fourth-order valence-corrected chi connectivity index (χ4v) is 2.63. The van der Waals surface area contributed by atoms with Crippen molar-refractivity contribution in [1.82, 2.24) is 5.32 Å². The largest absolute Gasteiger partial charge is 0.373 e. The third-order valence-corrected chi connectivity index (χ3v) is 3.10. The summed E-state index contributed by atoms with van der Waals surface area (Å²) in [5.74, 6) is 1.45. The van der Waals surface area contributed by atoms with E-state index in [1.165, 1.54) is 6.42 Å². The van der Waals surface area contributed by atoms with Crippen molar-refractivity contribution < 1.29 is 4.74 Å². The van der Waals surface area contributed by atoms with Crippen LogP contribution in [0.25, 0.3) is 0 Å². The van der Waals surface area contributed by atoms with Crippen LogP contribution in [0.15, 0.2) is 0 Å². The first-order chi connectivity index (χ1) is 6.43. The average Bonchev–Trinajstić information content (AvgIpc) is 2.01. The van der Waals surface area contributed by atoms with E-state index in [-0.39, 0.29) is 5.60 Å². The highest BCUT2D eigenvalue weighted by molar-refractivity contribution is 4.92. The zero-order valence-corrected chi connectivity index (χ0v) is 10.3. The molecule has 0 aromatic carbocycles. The summed E-state index contributed by atoms with van der Waals surface area (Å²) in [4.78, 5) is 0. The van der Waals surface area contributed by atoms with Crippen molar-refractivity contribution in [3.63, 3.8) is 0 Å². The first kappa shape index (κ1) is 12.0. The van der Waals surface area contributed by atoms with E-state index in [0.29, 0.717) is 12.0 Å². The number of hydrogen-bond acceptors (Lipinski definition) is 2. The van der Waals surface area contributed by atoms with E-state index in [1.807, 2.05) is 0 Å². The van der Waals surface area contributed by atoms with Gasteiger partial charge < -0.3 is 10.1 Å². The zero-order valence-electron chi connectivity index (χ0n) is 10.3. The first-order valence-electron chi connectivity index (χ1n) is 5.81. The molecule has 0 radical (unpaired) electrons. The molecule has 0 aliphatic carbocycles. The minimum Gasteiger partial charge on any atom is -0.373 e. The van der Waals surface area contributed by atoms with Crippen LogP contribution in [0, 0.1) is 11.8 Å². The molecular weight excluding hydrogens is 174 g/mol. The van der Waals surface area contributed by atoms with Gasteiger partial charge in [-0.2, -0.15) is 0 Å². The molecule has 1 aliphatic rings. The summed E-state index contributed by atoms with van der Waals surface area (Å²) in [7, 11) is 0. The fourth-order valence-electron chi connectivity index (χ4n) is 2.63. The molecule has 0 amide bonds. The molecule has 1 aliphatic heterocycles. The standard InChI is InChI=1S/C12H25NO/c1-9(2)8-10(3)11-12(4,5)14-7-6-13-11/h9-11,13H,6-8H2,1-5H3. The van der Waals surface area contributed by atoms with Gasteiger partial charge in [0.15, 0.2) is 0 Å². The normalized spacial score (nSPS) is 29.1. The predicted octanol–water partition coefficient (Wildman–Crippen LogP) is 2.44. The molecule has 1 heterocycles. The molecule has 1 N–H and O–H groups in total. The van der Waals surface area contributed by atoms with Gasteiger partial charge in [0.05, 0.1) is 12.2 Å². The van der Waals surface area contributed by atoms with Gasteiger partial charge in [-0.15, -0.1) is 0 Å². The molecule has 0 bridgehead atoms. The van der Waals surface area contributed by atoms with Crippen LogP contribution in [0.1, 0.15) is 41.0 Å². The van der Waals surface area contributed by atoms with Crippen LogP contribution < -0.4 is 5.32 Å². The summed E-state index contributed by atoms with van der Waals surface area (Å²) in [6.07, 6.45) is 1.27. The fraction of sp³-hybridized carbons (Fsp3) is 1.00. The minimum absolute atomic E-state index is 0.00738. The molecule has 14 heavy (non-hydrogen) atoms. The molecule has 2 nitrogen and oxygen atoms in total. The minimum atomic E-state index is -0.00738. The van der Waals surface area contributed by atoms with Crippen LogP contribution in [0.5, 0.6) is 0 Å². The van der Waals surface area contributed by atoms with Crippen molar-refractivity contribution in [2.45, 2.75) is 52.7 Å². The lowest BCUT2D eigenvalue weighted by atomic mass is 9.82. The smallest absolute Gasteiger partial charge is 0.0782 e. The Labute approximate surface area is 88.4 Å². The Hall–Kier alpha value is -0.0800. The van der Waals surface area contributed by atoms with Crippen molar-refractivity contribution in [2.24, 2.45) is 11.8 Å². The predicted molar refractivity (Wildman–Crippen MR) is 60.4 cm³/mol. The number of hydrogen-bond donors (Lipinski definition) is 1. The maximum Gasteiger partial charge on any atom is 0.0782 e. The molecule has 1 fully saturated rings. The molecule has 0 aromatic rings. The Morgan fingerprint density at radius 2 is 2.00 bits per heavy atom. The third kappa shape index (κ3) is 2.96. The van der Waals surface area contributed by atoms with Gasteiger partial charge in [0.2, 0.25) is 0 Å². The SMILES string of the molecule is CC(C)CC(C)C1NCCOC1(C)C. The highest BCUT2D eigenvalue weighted by Crippen LogP contribution is 2.27. The van der Waals surface area contributed by atoms with Gasteiger partial charge in [-0.1, -0.05) is 20.8 Å². The highest BCUT2D eigenvalue weighted by Gasteiger charge is 2.36. The van der Waals surface area contributed by atoms with E-state index in [9.17, 15) is 0 Å². The van der Waals surface area contributed by atoms with Crippen molar-refractivity contribution in [1.29, 1.82) is 0 Å². The van der Waals surface area contributed by atoms with Crippen LogP contribution in [0.4, 0.5) is 0 Å². The van der Waals surface area contributed by atoms with Gasteiger partial charge in [-0.3, -0.25) is 0 Å². The number of morpholine rings is 1. The van der Waals surface area contributed by atoms with Crippen molar-refractivity contribution >= 4 is 0 Å². The van der Waals surface area contributed by atoms with E-state index in [1.54, 1.807) is 0 Å². The van der Waals surface area contributed by atoms with E-state index < -0.39 is 0 Å². The molecule has 0 saturated carbocycles. The van der Waals surface area contributed by atoms with Crippen LogP contribution in [-0.4, -0.2) is 24.8 Å². The lowest BCUT2D eigenvalue weighted by molar-refractivity contribution is -0.0856. The summed E-state index contributed by atoms with van der Waals surface area (Å²) in [6, 6.07) is 0.499. The van der Waals surface area contributed by atoms with Gasteiger partial charge in [0.25, 0.3) is 0 Å². The maximum absolute atomic E-state index is 5.82. The quantitative estimate of drug-likeness (QED) is 0.754. The summed E-state index contributed by atoms with van der Waals surface area (Å²) in [5.41, 5.74) is -0.00738. The second kappa shape index (κ2) is 4.63. The van der Waals surface area contributed by atoms with E-state index >= 15 is 0 Å². The molecule has 0 spiro atoms. The second-order valence-corrected chi connectivity index (χ2v) is 5.49. The van der Waals surface area contributed by atoms with Crippen molar-refractivity contribution in [2.75, 3.05) is 13.2 Å². The summed E-state index contributed by atoms with van der Waals surface area (Å²) in [6.45, 7) is 13.1. The Morgan fingerprint density at radius 3 is 2.50 bits per heavy atom. The average molecular weight is 199 g/mol. The molecule has 84 valence electrons. The Kier molecular flexibility index (Phi) is 3.96. The van der Waals surface area contributed by atoms with Crippen LogP contribution in [-0.2, 0) is 4.74 Å². The van der Waals surface area contributed by atoms with E-state index in [2.05, 4.69) is 39.9 Å². The van der Waals surface area contributed by atoms with Crippen molar-refractivity contribution in [3.8, 4) is 0 Å². The topological polar surface area (TPSA) is 21.3 Å². The van der Waals surface area contributed by atoms with Gasteiger partial charge in [0, 0.05) is 12.6 Å². The number of nitrogens with one attached hydrogen (secondary N) is 1. The second-order valence-electron chi connectivity index (χ2n) is 5.49. The van der Waals surface area contributed by atoms with Gasteiger partial charge in [0.1, 0.15) is 0 Å². The van der Waals surface area contributed by atoms with Gasteiger partial charge in [-0.05, 0) is 32.1 Å². The monoisotopic (exact) mass is 199 g/mol. The molecule has 2 unspecified atom stereocenters. The van der Waals surface area contributed by atoms with Gasteiger partial charge >= 0.3 is 0 Å². The summed E-state index contributed by atoms with van der Waals surface area (Å²) >= 11 is 0.